The lowest BCUT2D eigenvalue weighted by Gasteiger charge is -2.29. The van der Waals surface area contributed by atoms with Crippen molar-refractivity contribution in [2.45, 2.75) is 31.2 Å². The molecule has 2 saturated heterocycles. The van der Waals surface area contributed by atoms with E-state index >= 15 is 0 Å². The molecule has 0 saturated carbocycles. The zero-order chi connectivity index (χ0) is 11.2. The molecule has 0 bridgehead atoms. The number of hydrogen-bond donors (Lipinski definition) is 1. The summed E-state index contributed by atoms with van der Waals surface area (Å²) in [4.78, 5) is 13.2. The molecule has 16 heavy (non-hydrogen) atoms. The molecule has 2 aliphatic heterocycles. The first-order valence-electron chi connectivity index (χ1n) is 5.68. The van der Waals surface area contributed by atoms with Gasteiger partial charge in [-0.3, -0.25) is 4.90 Å². The Morgan fingerprint density at radius 2 is 2.12 bits per heavy atom. The Bertz CT molecular complexity index is 417. The van der Waals surface area contributed by atoms with E-state index in [1.807, 2.05) is 0 Å². The molecule has 5 heteroatoms. The van der Waals surface area contributed by atoms with Gasteiger partial charge in [-0.25, -0.2) is 4.79 Å². The van der Waals surface area contributed by atoms with E-state index < -0.39 is 5.97 Å². The zero-order valence-electron chi connectivity index (χ0n) is 8.98. The fourth-order valence-electron chi connectivity index (χ4n) is 3.12. The van der Waals surface area contributed by atoms with Gasteiger partial charge in [-0.05, 0) is 38.8 Å². The molecule has 1 aromatic rings. The summed E-state index contributed by atoms with van der Waals surface area (Å²) in [6.07, 6.45) is 4.46. The van der Waals surface area contributed by atoms with Crippen molar-refractivity contribution in [2.24, 2.45) is 0 Å². The maximum Gasteiger partial charge on any atom is 0.374 e. The maximum absolute atomic E-state index is 10.8. The number of carboxylic acid groups (broad SMARTS) is 1. The summed E-state index contributed by atoms with van der Waals surface area (Å²) < 4.78 is 4.87. The number of nitrogens with zero attached hydrogens (tertiary/aromatic N) is 2. The molecule has 3 rings (SSSR count). The first kappa shape index (κ1) is 9.84. The molecule has 0 aromatic carbocycles. The minimum atomic E-state index is -1.04. The first-order chi connectivity index (χ1) is 7.72. The van der Waals surface area contributed by atoms with Crippen LogP contribution >= 0.6 is 0 Å². The molecule has 0 aliphatic carbocycles. The van der Waals surface area contributed by atoms with Gasteiger partial charge in [0, 0.05) is 6.07 Å². The Balaban J connectivity index is 1.98. The Morgan fingerprint density at radius 1 is 1.44 bits per heavy atom. The lowest BCUT2D eigenvalue weighted by molar-refractivity contribution is 0.0651. The van der Waals surface area contributed by atoms with Crippen molar-refractivity contribution < 1.29 is 14.4 Å². The highest BCUT2D eigenvalue weighted by Gasteiger charge is 2.47. The van der Waals surface area contributed by atoms with Gasteiger partial charge in [0.1, 0.15) is 5.69 Å². The molecule has 86 valence electrons. The van der Waals surface area contributed by atoms with E-state index in [2.05, 4.69) is 10.1 Å². The second-order valence-corrected chi connectivity index (χ2v) is 4.61. The van der Waals surface area contributed by atoms with Crippen LogP contribution in [0.4, 0.5) is 0 Å². The van der Waals surface area contributed by atoms with Crippen LogP contribution in [0.1, 0.15) is 41.9 Å². The summed E-state index contributed by atoms with van der Waals surface area (Å²) in [6, 6.07) is 1.59. The van der Waals surface area contributed by atoms with Gasteiger partial charge in [-0.1, -0.05) is 5.16 Å². The van der Waals surface area contributed by atoms with E-state index in [9.17, 15) is 4.79 Å². The number of aromatic carboxylic acids is 1. The number of hydrogen-bond acceptors (Lipinski definition) is 4. The summed E-state index contributed by atoms with van der Waals surface area (Å²) in [5.74, 6) is -1.10. The van der Waals surface area contributed by atoms with Crippen molar-refractivity contribution in [3.63, 3.8) is 0 Å². The first-order valence-corrected chi connectivity index (χ1v) is 5.68. The fourth-order valence-corrected chi connectivity index (χ4v) is 3.12. The molecule has 1 aromatic heterocycles. The van der Waals surface area contributed by atoms with Gasteiger partial charge in [0.2, 0.25) is 5.76 Å². The number of fused-ring (bicyclic) bond motifs is 1. The van der Waals surface area contributed by atoms with Crippen LogP contribution in [0.15, 0.2) is 10.6 Å². The van der Waals surface area contributed by atoms with Crippen molar-refractivity contribution in [3.8, 4) is 0 Å². The Hall–Kier alpha value is -1.36. The number of aromatic nitrogens is 1. The van der Waals surface area contributed by atoms with Gasteiger partial charge in [0.05, 0.1) is 5.54 Å². The average Bonchev–Trinajstić information content (AvgIpc) is 2.91. The molecule has 0 spiro atoms. The van der Waals surface area contributed by atoms with Crippen LogP contribution in [0, 0.1) is 0 Å². The molecule has 5 nitrogen and oxygen atoms in total. The Morgan fingerprint density at radius 3 is 2.69 bits per heavy atom. The summed E-state index contributed by atoms with van der Waals surface area (Å²) >= 11 is 0. The molecule has 0 unspecified atom stereocenters. The standard InChI is InChI=1S/C11H14N2O3/c14-10(15)8-7-9(12-16-8)11-3-1-5-13(11)6-2-4-11/h7H,1-6H2,(H,14,15). The van der Waals surface area contributed by atoms with Crippen molar-refractivity contribution in [3.05, 3.63) is 17.5 Å². The zero-order valence-corrected chi connectivity index (χ0v) is 8.98. The monoisotopic (exact) mass is 222 g/mol. The van der Waals surface area contributed by atoms with Gasteiger partial charge in [-0.15, -0.1) is 0 Å². The molecule has 0 radical (unpaired) electrons. The van der Waals surface area contributed by atoms with Gasteiger partial charge in [0.15, 0.2) is 0 Å². The molecule has 0 atom stereocenters. The largest absolute Gasteiger partial charge is 0.475 e. The van der Waals surface area contributed by atoms with Gasteiger partial charge < -0.3 is 9.63 Å². The van der Waals surface area contributed by atoms with E-state index in [0.717, 1.165) is 44.5 Å². The van der Waals surface area contributed by atoms with E-state index in [0.29, 0.717) is 0 Å². The van der Waals surface area contributed by atoms with E-state index in [1.165, 1.54) is 0 Å². The molecule has 2 aliphatic rings. The summed E-state index contributed by atoms with van der Waals surface area (Å²) in [7, 11) is 0. The summed E-state index contributed by atoms with van der Waals surface area (Å²) in [6.45, 7) is 2.19. The van der Waals surface area contributed by atoms with Crippen LogP contribution in [0.5, 0.6) is 0 Å². The predicted octanol–water partition coefficient (Wildman–Crippen LogP) is 1.46. The lowest BCUT2D eigenvalue weighted by atomic mass is 9.90. The van der Waals surface area contributed by atoms with E-state index in [4.69, 9.17) is 9.63 Å². The molecule has 1 N–H and O–H groups in total. The molecule has 3 heterocycles. The van der Waals surface area contributed by atoms with Gasteiger partial charge in [-0.2, -0.15) is 0 Å². The van der Waals surface area contributed by atoms with Crippen LogP contribution in [0.25, 0.3) is 0 Å². The molecule has 2 fully saturated rings. The third-order valence-corrected chi connectivity index (χ3v) is 3.84. The smallest absolute Gasteiger partial charge is 0.374 e. The highest BCUT2D eigenvalue weighted by atomic mass is 16.5. The summed E-state index contributed by atoms with van der Waals surface area (Å²) in [5, 5.41) is 12.8. The van der Waals surface area contributed by atoms with Gasteiger partial charge >= 0.3 is 5.97 Å². The van der Waals surface area contributed by atoms with E-state index in [-0.39, 0.29) is 11.3 Å². The lowest BCUT2D eigenvalue weighted by Crippen LogP contribution is -2.35. The minimum absolute atomic E-state index is 0.0306. The number of carboxylic acids is 1. The quantitative estimate of drug-likeness (QED) is 0.820. The van der Waals surface area contributed by atoms with Crippen LogP contribution in [-0.2, 0) is 5.54 Å². The van der Waals surface area contributed by atoms with Crippen molar-refractivity contribution in [1.82, 2.24) is 10.1 Å². The van der Waals surface area contributed by atoms with Crippen LogP contribution < -0.4 is 0 Å². The second kappa shape index (κ2) is 3.31. The maximum atomic E-state index is 10.8. The molecule has 0 amide bonds. The Labute approximate surface area is 93.0 Å². The van der Waals surface area contributed by atoms with Crippen molar-refractivity contribution in [2.75, 3.05) is 13.1 Å². The second-order valence-electron chi connectivity index (χ2n) is 4.61. The number of rotatable bonds is 2. The highest BCUT2D eigenvalue weighted by Crippen LogP contribution is 2.46. The summed E-state index contributed by atoms with van der Waals surface area (Å²) in [5.41, 5.74) is 0.775. The topological polar surface area (TPSA) is 66.6 Å². The normalized spacial score (nSPS) is 23.5. The third-order valence-electron chi connectivity index (χ3n) is 3.84. The SMILES string of the molecule is O=C(O)c1cc(C23CCCN2CCC3)no1. The van der Waals surface area contributed by atoms with E-state index in [1.54, 1.807) is 6.07 Å². The highest BCUT2D eigenvalue weighted by molar-refractivity contribution is 5.84. The van der Waals surface area contributed by atoms with Crippen molar-refractivity contribution >= 4 is 5.97 Å². The van der Waals surface area contributed by atoms with Crippen molar-refractivity contribution in [1.29, 1.82) is 0 Å². The average molecular weight is 222 g/mol. The van der Waals surface area contributed by atoms with Crippen LogP contribution in [0.2, 0.25) is 0 Å². The fraction of sp³-hybridized carbons (Fsp3) is 0.636. The predicted molar refractivity (Wildman–Crippen MR) is 55.2 cm³/mol. The minimum Gasteiger partial charge on any atom is -0.475 e. The van der Waals surface area contributed by atoms with Gasteiger partial charge in [0.25, 0.3) is 0 Å². The molecular weight excluding hydrogens is 208 g/mol. The van der Waals surface area contributed by atoms with Crippen LogP contribution in [0.3, 0.4) is 0 Å². The number of carbonyl (C=O) groups is 1. The van der Waals surface area contributed by atoms with Crippen LogP contribution in [-0.4, -0.2) is 34.2 Å². The third kappa shape index (κ3) is 1.21. The Kier molecular flexibility index (Phi) is 2.04. The molecular formula is C11H14N2O3.